The Hall–Kier alpha value is -4.34. The summed E-state index contributed by atoms with van der Waals surface area (Å²) in [4.78, 5) is 18.5. The van der Waals surface area contributed by atoms with Gasteiger partial charge in [-0.05, 0) is 48.6 Å². The Labute approximate surface area is 225 Å². The first-order valence-electron chi connectivity index (χ1n) is 13.6. The van der Waals surface area contributed by atoms with Crippen molar-refractivity contribution < 1.29 is 4.39 Å². The fourth-order valence-electron chi connectivity index (χ4n) is 5.44. The van der Waals surface area contributed by atoms with Crippen LogP contribution in [0.5, 0.6) is 0 Å². The maximum Gasteiger partial charge on any atom is 0.225 e. The summed E-state index contributed by atoms with van der Waals surface area (Å²) >= 11 is 0. The second-order valence-electron chi connectivity index (χ2n) is 10.5. The van der Waals surface area contributed by atoms with E-state index >= 15 is 0 Å². The molecule has 39 heavy (non-hydrogen) atoms. The van der Waals surface area contributed by atoms with Crippen LogP contribution < -0.4 is 9.80 Å². The Kier molecular flexibility index (Phi) is 5.94. The molecular weight excluding hydrogens is 493 g/mol. The summed E-state index contributed by atoms with van der Waals surface area (Å²) in [7, 11) is 0. The van der Waals surface area contributed by atoms with E-state index in [2.05, 4.69) is 65.0 Å². The number of benzene rings is 1. The highest BCUT2D eigenvalue weighted by Crippen LogP contribution is 2.33. The second kappa shape index (κ2) is 9.76. The molecule has 1 saturated heterocycles. The van der Waals surface area contributed by atoms with E-state index in [0.29, 0.717) is 6.04 Å². The minimum absolute atomic E-state index is 0.0937. The summed E-state index contributed by atoms with van der Waals surface area (Å²) < 4.78 is 17.3. The number of fused-ring (bicyclic) bond motifs is 1. The Morgan fingerprint density at radius 1 is 0.821 bits per heavy atom. The third kappa shape index (κ3) is 4.49. The van der Waals surface area contributed by atoms with Gasteiger partial charge in [-0.25, -0.2) is 23.9 Å². The molecule has 0 spiro atoms. The van der Waals surface area contributed by atoms with Crippen LogP contribution in [0.2, 0.25) is 0 Å². The third-order valence-electron chi connectivity index (χ3n) is 8.16. The fraction of sp³-hybridized carbons (Fsp3) is 0.345. The maximum absolute atomic E-state index is 13.3. The van der Waals surface area contributed by atoms with E-state index in [9.17, 15) is 4.39 Å². The molecule has 2 aliphatic rings. The molecule has 5 aromatic rings. The molecule has 1 aliphatic carbocycles. The lowest BCUT2D eigenvalue weighted by molar-refractivity contribution is 0.289. The van der Waals surface area contributed by atoms with Gasteiger partial charge in [0.05, 0.1) is 12.2 Å². The molecule has 2 fully saturated rings. The zero-order chi connectivity index (χ0) is 26.3. The minimum atomic E-state index is -0.229. The lowest BCUT2D eigenvalue weighted by Crippen LogP contribution is -2.47. The number of piperazine rings is 1. The van der Waals surface area contributed by atoms with Crippen molar-refractivity contribution in [3.8, 4) is 11.1 Å². The topological polar surface area (TPSA) is 80.3 Å². The van der Waals surface area contributed by atoms with Crippen molar-refractivity contribution in [1.29, 1.82) is 0 Å². The number of nitrogens with zero attached hydrogens (tertiary/aromatic N) is 9. The fourth-order valence-corrected chi connectivity index (χ4v) is 5.44. The van der Waals surface area contributed by atoms with Crippen molar-refractivity contribution in [2.75, 3.05) is 36.0 Å². The predicted octanol–water partition coefficient (Wildman–Crippen LogP) is 4.73. The smallest absolute Gasteiger partial charge is 0.225 e. The van der Waals surface area contributed by atoms with Crippen LogP contribution in [0.15, 0.2) is 67.6 Å². The Balaban J connectivity index is 1.04. The van der Waals surface area contributed by atoms with Gasteiger partial charge in [-0.15, -0.1) is 0 Å². The lowest BCUT2D eigenvalue weighted by Gasteiger charge is -2.35. The van der Waals surface area contributed by atoms with Crippen LogP contribution in [-0.4, -0.2) is 60.5 Å². The second-order valence-corrected chi connectivity index (χ2v) is 10.5. The number of anilines is 2. The summed E-state index contributed by atoms with van der Waals surface area (Å²) in [5.41, 5.74) is 5.25. The van der Waals surface area contributed by atoms with Crippen LogP contribution in [0.25, 0.3) is 16.6 Å². The minimum Gasteiger partial charge on any atom is -0.351 e. The van der Waals surface area contributed by atoms with Gasteiger partial charge in [0.1, 0.15) is 17.7 Å². The summed E-state index contributed by atoms with van der Waals surface area (Å²) in [6.45, 7) is 5.30. The monoisotopic (exact) mass is 523 g/mol. The molecule has 0 radical (unpaired) electrons. The molecule has 1 aromatic carbocycles. The van der Waals surface area contributed by atoms with Gasteiger partial charge in [-0.2, -0.15) is 10.2 Å². The van der Waals surface area contributed by atoms with E-state index in [1.165, 1.54) is 31.4 Å². The van der Waals surface area contributed by atoms with Crippen molar-refractivity contribution in [1.82, 2.24) is 34.3 Å². The molecule has 7 rings (SSSR count). The van der Waals surface area contributed by atoms with E-state index in [-0.39, 0.29) is 11.7 Å². The van der Waals surface area contributed by atoms with Gasteiger partial charge >= 0.3 is 0 Å². The molecular formula is C29H30FN9. The third-order valence-corrected chi connectivity index (χ3v) is 8.16. The zero-order valence-electron chi connectivity index (χ0n) is 21.9. The molecule has 5 heterocycles. The average molecular weight is 524 g/mol. The number of hydrogen-bond donors (Lipinski definition) is 0. The molecule has 198 valence electrons. The number of hydrogen-bond acceptors (Lipinski definition) is 7. The first-order valence-corrected chi connectivity index (χ1v) is 13.6. The van der Waals surface area contributed by atoms with Gasteiger partial charge in [0.2, 0.25) is 5.95 Å². The van der Waals surface area contributed by atoms with Crippen LogP contribution in [0.4, 0.5) is 16.2 Å². The van der Waals surface area contributed by atoms with Gasteiger partial charge in [0, 0.05) is 68.0 Å². The molecule has 1 atom stereocenters. The normalized spacial score (nSPS) is 17.0. The highest BCUT2D eigenvalue weighted by molar-refractivity contribution is 5.77. The van der Waals surface area contributed by atoms with Crippen LogP contribution in [0.3, 0.4) is 0 Å². The summed E-state index contributed by atoms with van der Waals surface area (Å²) in [5, 5.41) is 9.06. The Bertz CT molecular complexity index is 1580. The van der Waals surface area contributed by atoms with E-state index in [0.717, 1.165) is 65.7 Å². The molecule has 1 unspecified atom stereocenters. The molecule has 0 N–H and O–H groups in total. The first kappa shape index (κ1) is 23.8. The van der Waals surface area contributed by atoms with E-state index in [4.69, 9.17) is 0 Å². The Morgan fingerprint density at radius 3 is 2.28 bits per heavy atom. The summed E-state index contributed by atoms with van der Waals surface area (Å²) in [5.74, 6) is 1.53. The van der Waals surface area contributed by atoms with Crippen LogP contribution in [0.1, 0.15) is 49.3 Å². The van der Waals surface area contributed by atoms with Gasteiger partial charge in [0.15, 0.2) is 5.82 Å². The largest absolute Gasteiger partial charge is 0.351 e. The molecule has 1 aliphatic heterocycles. The first-order chi connectivity index (χ1) is 19.1. The van der Waals surface area contributed by atoms with Gasteiger partial charge in [-0.1, -0.05) is 19.1 Å². The summed E-state index contributed by atoms with van der Waals surface area (Å²) in [6.07, 6.45) is 15.3. The highest BCUT2D eigenvalue weighted by atomic mass is 19.1. The summed E-state index contributed by atoms with van der Waals surface area (Å²) in [6, 6.07) is 9.31. The number of aromatic nitrogens is 7. The van der Waals surface area contributed by atoms with Gasteiger partial charge in [0.25, 0.3) is 0 Å². The highest BCUT2D eigenvalue weighted by Gasteiger charge is 2.24. The van der Waals surface area contributed by atoms with Crippen LogP contribution in [0, 0.1) is 5.82 Å². The molecule has 10 heteroatoms. The van der Waals surface area contributed by atoms with Crippen molar-refractivity contribution in [2.45, 2.75) is 38.1 Å². The standard InChI is InChI=1S/C29H30FN9/c1-20(21-5-7-25(30)8-6-21)23-14-31-29(32-15-23)37-11-9-36(10-12-37)28-27-13-22(17-39(27)35-19-33-28)24-16-34-38(18-24)26-3-2-4-26/h5-8,13-20,26H,2-4,9-12H2,1H3. The molecule has 0 amide bonds. The lowest BCUT2D eigenvalue weighted by atomic mass is 9.93. The number of halogens is 1. The maximum atomic E-state index is 13.3. The molecule has 4 aromatic heterocycles. The van der Waals surface area contributed by atoms with E-state index < -0.39 is 0 Å². The van der Waals surface area contributed by atoms with Crippen LogP contribution in [-0.2, 0) is 0 Å². The zero-order valence-corrected chi connectivity index (χ0v) is 21.9. The van der Waals surface area contributed by atoms with E-state index in [1.54, 1.807) is 6.33 Å². The predicted molar refractivity (Wildman–Crippen MR) is 147 cm³/mol. The molecule has 0 bridgehead atoms. The van der Waals surface area contributed by atoms with Crippen molar-refractivity contribution in [2.24, 2.45) is 0 Å². The average Bonchev–Trinajstić information content (AvgIpc) is 3.60. The SMILES string of the molecule is CC(c1ccc(F)cc1)c1cnc(N2CCN(c3ncnn4cc(-c5cnn(C6CCC6)c5)cc34)CC2)nc1. The van der Waals surface area contributed by atoms with Crippen molar-refractivity contribution in [3.05, 3.63) is 84.6 Å². The van der Waals surface area contributed by atoms with Gasteiger partial charge in [-0.3, -0.25) is 4.68 Å². The molecule has 1 saturated carbocycles. The van der Waals surface area contributed by atoms with Crippen molar-refractivity contribution in [3.63, 3.8) is 0 Å². The quantitative estimate of drug-likeness (QED) is 0.318. The van der Waals surface area contributed by atoms with Crippen molar-refractivity contribution >= 4 is 17.3 Å². The molecule has 9 nitrogen and oxygen atoms in total. The Morgan fingerprint density at radius 2 is 1.56 bits per heavy atom. The van der Waals surface area contributed by atoms with E-state index in [1.807, 2.05) is 35.2 Å². The van der Waals surface area contributed by atoms with Crippen LogP contribution >= 0.6 is 0 Å². The number of rotatable bonds is 6. The van der Waals surface area contributed by atoms with Gasteiger partial charge < -0.3 is 9.80 Å².